The highest BCUT2D eigenvalue weighted by Crippen LogP contribution is 2.18. The molecule has 7 heteroatoms. The van der Waals surface area contributed by atoms with Crippen LogP contribution in [0.2, 0.25) is 0 Å². The van der Waals surface area contributed by atoms with E-state index in [-0.39, 0.29) is 18.9 Å². The van der Waals surface area contributed by atoms with Crippen molar-refractivity contribution in [2.24, 2.45) is 0 Å². The summed E-state index contributed by atoms with van der Waals surface area (Å²) in [5, 5.41) is 16.4. The van der Waals surface area contributed by atoms with Gasteiger partial charge in [-0.2, -0.15) is 5.10 Å². The highest BCUT2D eigenvalue weighted by molar-refractivity contribution is 5.88. The van der Waals surface area contributed by atoms with Gasteiger partial charge in [-0.25, -0.2) is 9.48 Å². The summed E-state index contributed by atoms with van der Waals surface area (Å²) in [6.45, 7) is 5.03. The molecule has 1 atom stereocenters. The van der Waals surface area contributed by atoms with E-state index in [1.54, 1.807) is 4.68 Å². The Bertz CT molecular complexity index is 770. The number of aromatic nitrogens is 2. The van der Waals surface area contributed by atoms with E-state index in [1.165, 1.54) is 14.0 Å². The maximum atomic E-state index is 12.4. The fraction of sp³-hybridized carbons (Fsp3) is 0.389. The lowest BCUT2D eigenvalue weighted by atomic mass is 10.0. The topological polar surface area (TPSA) is 93.5 Å². The number of carboxylic acid groups (broad SMARTS) is 1. The zero-order valence-electron chi connectivity index (χ0n) is 14.9. The van der Waals surface area contributed by atoms with Gasteiger partial charge in [-0.15, -0.1) is 0 Å². The summed E-state index contributed by atoms with van der Waals surface area (Å²) in [5.41, 5.74) is 1.81. The van der Waals surface area contributed by atoms with Gasteiger partial charge in [0, 0.05) is 18.4 Å². The number of para-hydroxylation sites is 1. The maximum Gasteiger partial charge on any atom is 0.331 e. The van der Waals surface area contributed by atoms with Crippen molar-refractivity contribution in [2.45, 2.75) is 32.7 Å². The molecule has 2 aromatic rings. The third-order valence-electron chi connectivity index (χ3n) is 4.10. The van der Waals surface area contributed by atoms with Gasteiger partial charge in [-0.1, -0.05) is 18.2 Å². The Kier molecular flexibility index (Phi) is 5.58. The van der Waals surface area contributed by atoms with Crippen LogP contribution in [0.25, 0.3) is 5.69 Å². The van der Waals surface area contributed by atoms with E-state index in [1.807, 2.05) is 44.2 Å². The zero-order valence-corrected chi connectivity index (χ0v) is 14.9. The number of nitrogens with one attached hydrogen (secondary N) is 1. The summed E-state index contributed by atoms with van der Waals surface area (Å²) >= 11 is 0. The number of aliphatic carboxylic acids is 1. The molecule has 7 nitrogen and oxygen atoms in total. The smallest absolute Gasteiger partial charge is 0.331 e. The van der Waals surface area contributed by atoms with Crippen LogP contribution in [0.1, 0.15) is 23.9 Å². The summed E-state index contributed by atoms with van der Waals surface area (Å²) in [7, 11) is 1.39. The van der Waals surface area contributed by atoms with Gasteiger partial charge < -0.3 is 15.2 Å². The number of benzene rings is 1. The van der Waals surface area contributed by atoms with Gasteiger partial charge in [0.15, 0.2) is 5.54 Å². The lowest BCUT2D eigenvalue weighted by Crippen LogP contribution is -2.55. The third kappa shape index (κ3) is 4.06. The van der Waals surface area contributed by atoms with Crippen molar-refractivity contribution < 1.29 is 19.4 Å². The number of nitrogens with zero attached hydrogens (tertiary/aromatic N) is 2. The van der Waals surface area contributed by atoms with Crippen molar-refractivity contribution >= 4 is 11.9 Å². The number of carbonyl (C=O) groups excluding carboxylic acids is 1. The fourth-order valence-electron chi connectivity index (χ4n) is 2.70. The Morgan fingerprint density at radius 3 is 2.48 bits per heavy atom. The van der Waals surface area contributed by atoms with E-state index < -0.39 is 11.5 Å². The Labute approximate surface area is 146 Å². The number of hydrogen-bond acceptors (Lipinski definition) is 4. The molecule has 25 heavy (non-hydrogen) atoms. The molecular weight excluding hydrogens is 322 g/mol. The largest absolute Gasteiger partial charge is 0.479 e. The minimum atomic E-state index is -1.47. The number of aryl methyl sites for hydroxylation is 1. The van der Waals surface area contributed by atoms with E-state index in [2.05, 4.69) is 10.4 Å². The number of hydrogen-bond donors (Lipinski definition) is 2. The molecule has 0 saturated heterocycles. The number of ether oxygens (including phenoxy) is 1. The van der Waals surface area contributed by atoms with Gasteiger partial charge in [0.25, 0.3) is 0 Å². The molecule has 0 aliphatic carbocycles. The molecule has 134 valence electrons. The molecule has 0 bridgehead atoms. The van der Waals surface area contributed by atoms with Crippen molar-refractivity contribution in [3.8, 4) is 5.69 Å². The first kappa shape index (κ1) is 18.7. The van der Waals surface area contributed by atoms with E-state index >= 15 is 0 Å². The van der Waals surface area contributed by atoms with Crippen LogP contribution in [-0.2, 0) is 20.7 Å². The normalized spacial score (nSPS) is 13.3. The molecule has 0 spiro atoms. The predicted octanol–water partition coefficient (Wildman–Crippen LogP) is 1.64. The number of methoxy groups -OCH3 is 1. The van der Waals surface area contributed by atoms with E-state index in [0.717, 1.165) is 22.6 Å². The van der Waals surface area contributed by atoms with Gasteiger partial charge >= 0.3 is 5.97 Å². The standard InChI is InChI=1S/C18H23N3O4/c1-12-15(10-16(22)19-18(3,11-25-4)17(23)24)13(2)21(20-12)14-8-6-5-7-9-14/h5-9H,10-11H2,1-4H3,(H,19,22)(H,23,24). The molecule has 0 radical (unpaired) electrons. The Balaban J connectivity index is 2.22. The van der Waals surface area contributed by atoms with Crippen LogP contribution in [0, 0.1) is 13.8 Å². The second kappa shape index (κ2) is 7.48. The van der Waals surface area contributed by atoms with E-state index in [9.17, 15) is 14.7 Å². The van der Waals surface area contributed by atoms with Crippen molar-refractivity contribution in [3.05, 3.63) is 47.3 Å². The SMILES string of the molecule is COCC(C)(NC(=O)Cc1c(C)nn(-c2ccccc2)c1C)C(=O)O. The van der Waals surface area contributed by atoms with E-state index in [4.69, 9.17) is 4.74 Å². The fourth-order valence-corrected chi connectivity index (χ4v) is 2.70. The summed E-state index contributed by atoms with van der Waals surface area (Å²) in [6.07, 6.45) is 0.0527. The van der Waals surface area contributed by atoms with Crippen LogP contribution < -0.4 is 5.32 Å². The number of carboxylic acids is 1. The molecule has 1 heterocycles. The number of rotatable bonds is 7. The molecule has 0 saturated carbocycles. The van der Waals surface area contributed by atoms with Crippen molar-refractivity contribution in [1.29, 1.82) is 0 Å². The Hall–Kier alpha value is -2.67. The second-order valence-corrected chi connectivity index (χ2v) is 6.19. The second-order valence-electron chi connectivity index (χ2n) is 6.19. The van der Waals surface area contributed by atoms with Gasteiger partial charge in [0.1, 0.15) is 0 Å². The van der Waals surface area contributed by atoms with Crippen molar-refractivity contribution in [1.82, 2.24) is 15.1 Å². The van der Waals surface area contributed by atoms with Crippen LogP contribution in [-0.4, -0.2) is 46.0 Å². The molecule has 0 fully saturated rings. The molecule has 0 aliphatic heterocycles. The van der Waals surface area contributed by atoms with Gasteiger partial charge in [0.05, 0.1) is 24.4 Å². The summed E-state index contributed by atoms with van der Waals surface area (Å²) < 4.78 is 6.70. The first-order valence-electron chi connectivity index (χ1n) is 7.92. The third-order valence-corrected chi connectivity index (χ3v) is 4.10. The molecule has 2 rings (SSSR count). The van der Waals surface area contributed by atoms with Crippen molar-refractivity contribution in [3.63, 3.8) is 0 Å². The Morgan fingerprint density at radius 1 is 1.28 bits per heavy atom. The zero-order chi connectivity index (χ0) is 18.6. The highest BCUT2D eigenvalue weighted by atomic mass is 16.5. The first-order valence-corrected chi connectivity index (χ1v) is 7.92. The van der Waals surface area contributed by atoms with Crippen LogP contribution in [0.4, 0.5) is 0 Å². The van der Waals surface area contributed by atoms with Crippen LogP contribution in [0.3, 0.4) is 0 Å². The number of amides is 1. The van der Waals surface area contributed by atoms with E-state index in [0.29, 0.717) is 0 Å². The van der Waals surface area contributed by atoms with Gasteiger partial charge in [-0.05, 0) is 32.9 Å². The van der Waals surface area contributed by atoms with Crippen molar-refractivity contribution in [2.75, 3.05) is 13.7 Å². The molecule has 1 unspecified atom stereocenters. The molecule has 1 aromatic heterocycles. The molecule has 0 aliphatic rings. The Morgan fingerprint density at radius 2 is 1.92 bits per heavy atom. The van der Waals surface area contributed by atoms with Gasteiger partial charge in [-0.3, -0.25) is 4.79 Å². The quantitative estimate of drug-likeness (QED) is 0.796. The van der Waals surface area contributed by atoms with Gasteiger partial charge in [0.2, 0.25) is 5.91 Å². The summed E-state index contributed by atoms with van der Waals surface area (Å²) in [6, 6.07) is 9.63. The van der Waals surface area contributed by atoms with Crippen LogP contribution >= 0.6 is 0 Å². The van der Waals surface area contributed by atoms with Crippen LogP contribution in [0.15, 0.2) is 30.3 Å². The average molecular weight is 345 g/mol. The molecule has 1 aromatic carbocycles. The summed E-state index contributed by atoms with van der Waals surface area (Å²) in [5.74, 6) is -1.53. The highest BCUT2D eigenvalue weighted by Gasteiger charge is 2.35. The van der Waals surface area contributed by atoms with Crippen LogP contribution in [0.5, 0.6) is 0 Å². The monoisotopic (exact) mass is 345 g/mol. The summed E-state index contributed by atoms with van der Waals surface area (Å²) in [4.78, 5) is 23.8. The first-order chi connectivity index (χ1) is 11.8. The minimum Gasteiger partial charge on any atom is -0.479 e. The predicted molar refractivity (Wildman–Crippen MR) is 92.8 cm³/mol. The minimum absolute atomic E-state index is 0.0527. The lowest BCUT2D eigenvalue weighted by Gasteiger charge is -2.25. The maximum absolute atomic E-state index is 12.4. The molecule has 2 N–H and O–H groups in total. The lowest BCUT2D eigenvalue weighted by molar-refractivity contribution is -0.149. The number of carbonyl (C=O) groups is 2. The average Bonchev–Trinajstić information content (AvgIpc) is 2.84. The molecule has 1 amide bonds. The molecular formula is C18H23N3O4.